The summed E-state index contributed by atoms with van der Waals surface area (Å²) in [5.41, 5.74) is 0.445. The average Bonchev–Trinajstić information content (AvgIpc) is 2.14. The Morgan fingerprint density at radius 3 is 2.06 bits per heavy atom. The molecule has 0 amide bonds. The molecular formula is C12H17F2NOS. The van der Waals surface area contributed by atoms with Crippen molar-refractivity contribution in [3.05, 3.63) is 35.4 Å². The number of rotatable bonds is 3. The second-order valence-corrected chi connectivity index (χ2v) is 6.92. The lowest BCUT2D eigenvalue weighted by Crippen LogP contribution is -2.40. The topological polar surface area (TPSA) is 35.1 Å². The van der Waals surface area contributed by atoms with E-state index in [0.717, 1.165) is 6.07 Å². The fourth-order valence-electron chi connectivity index (χ4n) is 1.23. The minimum absolute atomic E-state index is 0.375. The number of halogens is 2. The van der Waals surface area contributed by atoms with Gasteiger partial charge in [-0.1, -0.05) is 0 Å². The van der Waals surface area contributed by atoms with E-state index in [-0.39, 0.29) is 6.04 Å². The Balaban J connectivity index is 2.79. The minimum Gasteiger partial charge on any atom is -0.598 e. The molecule has 0 aliphatic heterocycles. The lowest BCUT2D eigenvalue weighted by molar-refractivity contribution is 0.527. The highest BCUT2D eigenvalue weighted by atomic mass is 32.2. The van der Waals surface area contributed by atoms with Crippen molar-refractivity contribution in [3.63, 3.8) is 0 Å². The molecule has 2 nitrogen and oxygen atoms in total. The van der Waals surface area contributed by atoms with Gasteiger partial charge in [-0.3, -0.25) is 0 Å². The SMILES string of the molecule is CC(N[S+]([O-])C(C)(C)C)c1cc(F)cc(F)c1. The maximum atomic E-state index is 13.0. The maximum Gasteiger partial charge on any atom is 0.136 e. The molecule has 0 aliphatic rings. The Morgan fingerprint density at radius 2 is 1.65 bits per heavy atom. The van der Waals surface area contributed by atoms with Gasteiger partial charge >= 0.3 is 0 Å². The highest BCUT2D eigenvalue weighted by Gasteiger charge is 2.28. The average molecular weight is 261 g/mol. The summed E-state index contributed by atoms with van der Waals surface area (Å²) in [5.74, 6) is -1.26. The highest BCUT2D eigenvalue weighted by Crippen LogP contribution is 2.20. The lowest BCUT2D eigenvalue weighted by Gasteiger charge is -2.26. The van der Waals surface area contributed by atoms with Gasteiger partial charge in [0.15, 0.2) is 0 Å². The van der Waals surface area contributed by atoms with Crippen LogP contribution in [0.15, 0.2) is 18.2 Å². The van der Waals surface area contributed by atoms with Crippen LogP contribution < -0.4 is 4.72 Å². The van der Waals surface area contributed by atoms with Crippen LogP contribution in [0.4, 0.5) is 8.78 Å². The number of nitrogens with one attached hydrogen (secondary N) is 1. The fraction of sp³-hybridized carbons (Fsp3) is 0.500. The molecule has 1 aromatic rings. The zero-order chi connectivity index (χ0) is 13.2. The maximum absolute atomic E-state index is 13.0. The van der Waals surface area contributed by atoms with Gasteiger partial charge < -0.3 is 4.55 Å². The summed E-state index contributed by atoms with van der Waals surface area (Å²) in [5, 5.41) is 0. The van der Waals surface area contributed by atoms with Crippen LogP contribution in [0.25, 0.3) is 0 Å². The van der Waals surface area contributed by atoms with Gasteiger partial charge in [0.2, 0.25) is 0 Å². The van der Waals surface area contributed by atoms with E-state index in [1.807, 2.05) is 20.8 Å². The van der Waals surface area contributed by atoms with E-state index in [0.29, 0.717) is 5.56 Å². The zero-order valence-electron chi connectivity index (χ0n) is 10.4. The Hall–Kier alpha value is -0.650. The van der Waals surface area contributed by atoms with Gasteiger partial charge in [0.05, 0.1) is 6.04 Å². The Labute approximate surface area is 104 Å². The molecule has 0 heterocycles. The van der Waals surface area contributed by atoms with Gasteiger partial charge in [-0.2, -0.15) is 0 Å². The third-order valence-electron chi connectivity index (χ3n) is 2.22. The molecule has 1 aromatic carbocycles. The summed E-state index contributed by atoms with van der Waals surface area (Å²) < 4.78 is 40.3. The van der Waals surface area contributed by atoms with Crippen molar-refractivity contribution < 1.29 is 13.3 Å². The first-order chi connectivity index (χ1) is 7.70. The van der Waals surface area contributed by atoms with Gasteiger partial charge in [0.1, 0.15) is 16.4 Å². The molecule has 0 radical (unpaired) electrons. The van der Waals surface area contributed by atoms with Gasteiger partial charge in [-0.05, 0) is 45.4 Å². The fourth-order valence-corrected chi connectivity index (χ4v) is 2.04. The lowest BCUT2D eigenvalue weighted by atomic mass is 10.1. The van der Waals surface area contributed by atoms with Crippen molar-refractivity contribution in [2.75, 3.05) is 0 Å². The molecule has 0 fully saturated rings. The molecule has 17 heavy (non-hydrogen) atoms. The normalized spacial score (nSPS) is 15.7. The Morgan fingerprint density at radius 1 is 1.18 bits per heavy atom. The number of hydrogen-bond acceptors (Lipinski definition) is 2. The highest BCUT2D eigenvalue weighted by molar-refractivity contribution is 7.90. The standard InChI is InChI=1S/C12H17F2NOS/c1-8(15-17(16)12(2,3)4)9-5-10(13)7-11(14)6-9/h5-8,15H,1-4H3. The summed E-state index contributed by atoms with van der Waals surface area (Å²) in [4.78, 5) is 0. The van der Waals surface area contributed by atoms with E-state index in [1.54, 1.807) is 6.92 Å². The van der Waals surface area contributed by atoms with E-state index in [1.165, 1.54) is 12.1 Å². The van der Waals surface area contributed by atoms with E-state index < -0.39 is 27.7 Å². The summed E-state index contributed by atoms with van der Waals surface area (Å²) in [6.07, 6.45) is 0. The predicted molar refractivity (Wildman–Crippen MR) is 65.8 cm³/mol. The van der Waals surface area contributed by atoms with Crippen molar-refractivity contribution >= 4 is 11.4 Å². The molecule has 1 N–H and O–H groups in total. The van der Waals surface area contributed by atoms with Crippen LogP contribution in [-0.4, -0.2) is 9.30 Å². The third kappa shape index (κ3) is 4.26. The van der Waals surface area contributed by atoms with Crippen molar-refractivity contribution in [2.45, 2.75) is 38.5 Å². The molecule has 5 heteroatoms. The van der Waals surface area contributed by atoms with Crippen LogP contribution in [0.2, 0.25) is 0 Å². The third-order valence-corrected chi connectivity index (χ3v) is 3.90. The van der Waals surface area contributed by atoms with Crippen molar-refractivity contribution in [1.82, 2.24) is 4.72 Å². The monoisotopic (exact) mass is 261 g/mol. The van der Waals surface area contributed by atoms with Crippen LogP contribution in [0.1, 0.15) is 39.3 Å². The molecule has 1 rings (SSSR count). The first-order valence-corrected chi connectivity index (χ1v) is 6.49. The number of hydrogen-bond donors (Lipinski definition) is 1. The molecule has 0 aromatic heterocycles. The van der Waals surface area contributed by atoms with Crippen LogP contribution >= 0.6 is 0 Å². The molecule has 0 aliphatic carbocycles. The Kier molecular flexibility index (Phi) is 4.52. The number of benzene rings is 1. The van der Waals surface area contributed by atoms with Crippen molar-refractivity contribution in [1.29, 1.82) is 0 Å². The summed E-state index contributed by atoms with van der Waals surface area (Å²) >= 11 is -1.28. The molecular weight excluding hydrogens is 244 g/mol. The largest absolute Gasteiger partial charge is 0.598 e. The molecule has 2 atom stereocenters. The van der Waals surface area contributed by atoms with Crippen molar-refractivity contribution in [2.24, 2.45) is 0 Å². The summed E-state index contributed by atoms with van der Waals surface area (Å²) in [6, 6.07) is 2.92. The quantitative estimate of drug-likeness (QED) is 0.849. The molecule has 96 valence electrons. The van der Waals surface area contributed by atoms with Crippen LogP contribution in [0.5, 0.6) is 0 Å². The van der Waals surface area contributed by atoms with Crippen molar-refractivity contribution in [3.8, 4) is 0 Å². The second-order valence-electron chi connectivity index (χ2n) is 4.92. The Bertz CT molecular complexity index is 372. The van der Waals surface area contributed by atoms with Crippen LogP contribution in [-0.2, 0) is 11.4 Å². The molecule has 0 saturated heterocycles. The molecule has 0 spiro atoms. The van der Waals surface area contributed by atoms with E-state index in [4.69, 9.17) is 0 Å². The zero-order valence-corrected chi connectivity index (χ0v) is 11.2. The molecule has 0 bridgehead atoms. The van der Waals surface area contributed by atoms with Crippen LogP contribution in [0, 0.1) is 11.6 Å². The summed E-state index contributed by atoms with van der Waals surface area (Å²) in [6.45, 7) is 7.21. The molecule has 2 unspecified atom stereocenters. The van der Waals surface area contributed by atoms with E-state index >= 15 is 0 Å². The smallest absolute Gasteiger partial charge is 0.136 e. The first-order valence-electron chi connectivity index (χ1n) is 5.34. The second kappa shape index (κ2) is 5.33. The van der Waals surface area contributed by atoms with Gasteiger partial charge in [-0.25, -0.2) is 8.78 Å². The minimum atomic E-state index is -1.28. The summed E-state index contributed by atoms with van der Waals surface area (Å²) in [7, 11) is 0. The van der Waals surface area contributed by atoms with Gasteiger partial charge in [0.25, 0.3) is 0 Å². The molecule has 0 saturated carbocycles. The van der Waals surface area contributed by atoms with Crippen LogP contribution in [0.3, 0.4) is 0 Å². The van der Waals surface area contributed by atoms with E-state index in [9.17, 15) is 13.3 Å². The van der Waals surface area contributed by atoms with E-state index in [2.05, 4.69) is 4.72 Å². The first kappa shape index (κ1) is 14.4. The predicted octanol–water partition coefficient (Wildman–Crippen LogP) is 3.08. The van der Waals surface area contributed by atoms with Gasteiger partial charge in [0, 0.05) is 17.4 Å². The van der Waals surface area contributed by atoms with Gasteiger partial charge in [-0.15, -0.1) is 4.72 Å².